The van der Waals surface area contributed by atoms with Crippen molar-refractivity contribution in [3.63, 3.8) is 0 Å². The van der Waals surface area contributed by atoms with Crippen molar-refractivity contribution >= 4 is 5.97 Å². The van der Waals surface area contributed by atoms with Crippen LogP contribution in [-0.2, 0) is 10.2 Å². The minimum Gasteiger partial charge on any atom is -0.504 e. The van der Waals surface area contributed by atoms with E-state index < -0.39 is 17.5 Å². The number of phenols is 2. The molecule has 138 valence electrons. The van der Waals surface area contributed by atoms with Gasteiger partial charge in [-0.25, -0.2) is 0 Å². The summed E-state index contributed by atoms with van der Waals surface area (Å²) in [5.74, 6) is -1.96. The third-order valence-corrected chi connectivity index (χ3v) is 6.53. The monoisotopic (exact) mass is 348 g/mol. The average Bonchev–Trinajstić information content (AvgIpc) is 2.50. The van der Waals surface area contributed by atoms with Gasteiger partial charge in [0.05, 0.1) is 6.10 Å². The van der Waals surface area contributed by atoms with Crippen LogP contribution in [0.1, 0.15) is 82.1 Å². The first-order valence-corrected chi connectivity index (χ1v) is 9.04. The topological polar surface area (TPSA) is 98.0 Å². The first-order chi connectivity index (χ1) is 11.5. The summed E-state index contributed by atoms with van der Waals surface area (Å²) in [4.78, 5) is 12.5. The number of aliphatic carboxylic acids is 1. The van der Waals surface area contributed by atoms with Gasteiger partial charge in [0.25, 0.3) is 0 Å². The molecule has 1 aromatic rings. The molecule has 0 radical (unpaired) electrons. The standard InChI is InChI=1S/C20H28O5/c1-10(2)11-8-12-13(21)9-14-19(3,4)6-5-7-20(14,18(24)25)15(12)17(23)16(11)22/h8,10,13-14,21-23H,5-7,9H2,1-4H3,(H,24,25)/t13?,14-,20+/m0/s1. The fourth-order valence-electron chi connectivity index (χ4n) is 5.24. The van der Waals surface area contributed by atoms with Crippen LogP contribution in [0.2, 0.25) is 0 Å². The van der Waals surface area contributed by atoms with Crippen molar-refractivity contribution in [1.82, 2.24) is 0 Å². The van der Waals surface area contributed by atoms with Crippen LogP contribution >= 0.6 is 0 Å². The maximum absolute atomic E-state index is 12.5. The Bertz CT molecular complexity index is 721. The largest absolute Gasteiger partial charge is 0.504 e. The van der Waals surface area contributed by atoms with E-state index >= 15 is 0 Å². The normalized spacial score (nSPS) is 30.6. The molecule has 0 bridgehead atoms. The Morgan fingerprint density at radius 1 is 1.20 bits per heavy atom. The van der Waals surface area contributed by atoms with Crippen molar-refractivity contribution in [2.24, 2.45) is 11.3 Å². The lowest BCUT2D eigenvalue weighted by Gasteiger charge is -2.54. The second kappa shape index (κ2) is 5.63. The molecule has 25 heavy (non-hydrogen) atoms. The van der Waals surface area contributed by atoms with E-state index in [2.05, 4.69) is 0 Å². The van der Waals surface area contributed by atoms with Crippen molar-refractivity contribution in [1.29, 1.82) is 0 Å². The molecule has 4 N–H and O–H groups in total. The fourth-order valence-corrected chi connectivity index (χ4v) is 5.24. The lowest BCUT2D eigenvalue weighted by atomic mass is 9.49. The summed E-state index contributed by atoms with van der Waals surface area (Å²) in [6, 6.07) is 1.68. The maximum atomic E-state index is 12.5. The molecule has 0 spiro atoms. The van der Waals surface area contributed by atoms with Crippen LogP contribution in [0.5, 0.6) is 11.5 Å². The zero-order valence-electron chi connectivity index (χ0n) is 15.3. The smallest absolute Gasteiger partial charge is 0.314 e. The van der Waals surface area contributed by atoms with Crippen molar-refractivity contribution in [2.45, 2.75) is 70.8 Å². The summed E-state index contributed by atoms with van der Waals surface area (Å²) in [7, 11) is 0. The summed E-state index contributed by atoms with van der Waals surface area (Å²) in [6.45, 7) is 7.84. The van der Waals surface area contributed by atoms with Crippen molar-refractivity contribution < 1.29 is 25.2 Å². The summed E-state index contributed by atoms with van der Waals surface area (Å²) in [5, 5.41) is 42.3. The second-order valence-corrected chi connectivity index (χ2v) is 8.70. The van der Waals surface area contributed by atoms with E-state index in [9.17, 15) is 25.2 Å². The van der Waals surface area contributed by atoms with Gasteiger partial charge in [0.2, 0.25) is 0 Å². The minimum atomic E-state index is -1.27. The van der Waals surface area contributed by atoms with Gasteiger partial charge in [0, 0.05) is 11.1 Å². The number of hydrogen-bond acceptors (Lipinski definition) is 4. The number of phenolic OH excluding ortho intramolecular Hbond substituents is 2. The van der Waals surface area contributed by atoms with Gasteiger partial charge in [0.15, 0.2) is 11.5 Å². The third-order valence-electron chi connectivity index (χ3n) is 6.53. The van der Waals surface area contributed by atoms with Gasteiger partial charge in [-0.3, -0.25) is 4.79 Å². The lowest BCUT2D eigenvalue weighted by Crippen LogP contribution is -2.55. The van der Waals surface area contributed by atoms with Gasteiger partial charge in [-0.2, -0.15) is 0 Å². The molecule has 1 fully saturated rings. The zero-order valence-corrected chi connectivity index (χ0v) is 15.3. The summed E-state index contributed by atoms with van der Waals surface area (Å²) in [6.07, 6.45) is 1.54. The van der Waals surface area contributed by atoms with Gasteiger partial charge in [0.1, 0.15) is 5.41 Å². The van der Waals surface area contributed by atoms with E-state index in [4.69, 9.17) is 0 Å². The van der Waals surface area contributed by atoms with E-state index in [0.29, 0.717) is 24.0 Å². The Morgan fingerprint density at radius 2 is 1.84 bits per heavy atom. The number of fused-ring (bicyclic) bond motifs is 3. The molecule has 1 aromatic carbocycles. The van der Waals surface area contributed by atoms with Crippen LogP contribution in [0.3, 0.4) is 0 Å². The van der Waals surface area contributed by atoms with Crippen LogP contribution in [0.4, 0.5) is 0 Å². The average molecular weight is 348 g/mol. The third kappa shape index (κ3) is 2.35. The number of carbonyl (C=O) groups is 1. The van der Waals surface area contributed by atoms with Crippen LogP contribution in [-0.4, -0.2) is 26.4 Å². The van der Waals surface area contributed by atoms with Gasteiger partial charge in [-0.05, 0) is 48.1 Å². The van der Waals surface area contributed by atoms with Gasteiger partial charge >= 0.3 is 5.97 Å². The molecule has 3 atom stereocenters. The lowest BCUT2D eigenvalue weighted by molar-refractivity contribution is -0.154. The SMILES string of the molecule is CC(C)c1cc2c(c(O)c1O)[C@@]1(C(=O)O)CCCC(C)(C)[C@@H]1CC2O. The molecule has 1 unspecified atom stereocenters. The summed E-state index contributed by atoms with van der Waals surface area (Å²) in [5.41, 5.74) is -0.334. The number of carboxylic acid groups (broad SMARTS) is 1. The van der Waals surface area contributed by atoms with Crippen LogP contribution < -0.4 is 0 Å². The highest BCUT2D eigenvalue weighted by Crippen LogP contribution is 2.62. The second-order valence-electron chi connectivity index (χ2n) is 8.70. The van der Waals surface area contributed by atoms with E-state index in [1.807, 2.05) is 27.7 Å². The highest BCUT2D eigenvalue weighted by molar-refractivity contribution is 5.85. The minimum absolute atomic E-state index is 0.0512. The molecule has 2 aliphatic carbocycles. The van der Waals surface area contributed by atoms with E-state index in [1.165, 1.54) is 0 Å². The van der Waals surface area contributed by atoms with Crippen LogP contribution in [0, 0.1) is 11.3 Å². The predicted octanol–water partition coefficient (Wildman–Crippen LogP) is 3.81. The molecule has 2 aliphatic rings. The summed E-state index contributed by atoms with van der Waals surface area (Å²) < 4.78 is 0. The Hall–Kier alpha value is -1.75. The highest BCUT2D eigenvalue weighted by Gasteiger charge is 2.60. The molecule has 1 saturated carbocycles. The summed E-state index contributed by atoms with van der Waals surface area (Å²) >= 11 is 0. The Morgan fingerprint density at radius 3 is 2.40 bits per heavy atom. The fraction of sp³-hybridized carbons (Fsp3) is 0.650. The van der Waals surface area contributed by atoms with E-state index in [0.717, 1.165) is 12.8 Å². The molecule has 5 nitrogen and oxygen atoms in total. The molecule has 0 heterocycles. The highest BCUT2D eigenvalue weighted by atomic mass is 16.4. The molecular formula is C20H28O5. The molecular weight excluding hydrogens is 320 g/mol. The number of aliphatic hydroxyl groups excluding tert-OH is 1. The number of benzene rings is 1. The molecule has 3 rings (SSSR count). The first-order valence-electron chi connectivity index (χ1n) is 9.04. The van der Waals surface area contributed by atoms with Crippen molar-refractivity contribution in [3.8, 4) is 11.5 Å². The Kier molecular flexibility index (Phi) is 4.06. The Labute approximate surface area is 148 Å². The van der Waals surface area contributed by atoms with E-state index in [1.54, 1.807) is 6.07 Å². The van der Waals surface area contributed by atoms with Crippen molar-refractivity contribution in [3.05, 3.63) is 22.8 Å². The number of aromatic hydroxyl groups is 2. The molecule has 5 heteroatoms. The predicted molar refractivity (Wildman–Crippen MR) is 93.9 cm³/mol. The number of rotatable bonds is 2. The van der Waals surface area contributed by atoms with Crippen LogP contribution in [0.15, 0.2) is 6.07 Å². The Balaban J connectivity index is 2.36. The van der Waals surface area contributed by atoms with Gasteiger partial charge in [-0.15, -0.1) is 0 Å². The van der Waals surface area contributed by atoms with Gasteiger partial charge < -0.3 is 20.4 Å². The zero-order chi connectivity index (χ0) is 18.7. The van der Waals surface area contributed by atoms with Crippen molar-refractivity contribution in [2.75, 3.05) is 0 Å². The molecule has 0 amide bonds. The number of carboxylic acids is 1. The number of aliphatic hydroxyl groups is 1. The van der Waals surface area contributed by atoms with Gasteiger partial charge in [-0.1, -0.05) is 34.1 Å². The van der Waals surface area contributed by atoms with E-state index in [-0.39, 0.29) is 34.3 Å². The molecule has 0 aliphatic heterocycles. The molecule has 0 aromatic heterocycles. The number of hydrogen-bond donors (Lipinski definition) is 4. The van der Waals surface area contributed by atoms with Crippen LogP contribution in [0.25, 0.3) is 0 Å². The first kappa shape index (κ1) is 18.1. The maximum Gasteiger partial charge on any atom is 0.314 e. The quantitative estimate of drug-likeness (QED) is 0.609. The molecule has 0 saturated heterocycles.